The first kappa shape index (κ1) is 14.5. The minimum atomic E-state index is -0.131. The average Bonchev–Trinajstić information content (AvgIpc) is 2.84. The summed E-state index contributed by atoms with van der Waals surface area (Å²) in [4.78, 5) is 16.5. The van der Waals surface area contributed by atoms with Crippen LogP contribution >= 0.6 is 0 Å². The molecule has 1 amide bonds. The molecule has 1 N–H and O–H groups in total. The van der Waals surface area contributed by atoms with Gasteiger partial charge in [-0.3, -0.25) is 4.79 Å². The summed E-state index contributed by atoms with van der Waals surface area (Å²) in [6, 6.07) is 7.82. The minimum absolute atomic E-state index is 0.131. The van der Waals surface area contributed by atoms with Gasteiger partial charge < -0.3 is 4.57 Å². The Hall–Kier alpha value is -2.43. The number of aromatic nitrogens is 2. The number of hydrogen-bond donors (Lipinski definition) is 1. The summed E-state index contributed by atoms with van der Waals surface area (Å²) in [6.07, 6.45) is 9.40. The highest BCUT2D eigenvalue weighted by atomic mass is 16.2. The lowest BCUT2D eigenvalue weighted by atomic mass is 9.96. The summed E-state index contributed by atoms with van der Waals surface area (Å²) >= 11 is 0. The van der Waals surface area contributed by atoms with Crippen LogP contribution in [0.4, 0.5) is 0 Å². The van der Waals surface area contributed by atoms with Crippen LogP contribution in [0, 0.1) is 12.8 Å². The molecule has 5 nitrogen and oxygen atoms in total. The van der Waals surface area contributed by atoms with Gasteiger partial charge in [0, 0.05) is 6.21 Å². The Bertz CT molecular complexity index is 729. The molecule has 0 radical (unpaired) electrons. The van der Waals surface area contributed by atoms with E-state index in [1.54, 1.807) is 0 Å². The zero-order chi connectivity index (χ0) is 15.4. The quantitative estimate of drug-likeness (QED) is 0.536. The van der Waals surface area contributed by atoms with Crippen molar-refractivity contribution in [2.24, 2.45) is 11.0 Å². The highest BCUT2D eigenvalue weighted by Crippen LogP contribution is 2.16. The highest BCUT2D eigenvalue weighted by molar-refractivity contribution is 5.81. The number of hydrogen-bond acceptors (Lipinski definition) is 3. The number of nitrogens with one attached hydrogen (secondary N) is 1. The van der Waals surface area contributed by atoms with E-state index in [1.807, 2.05) is 42.0 Å². The van der Waals surface area contributed by atoms with Gasteiger partial charge in [0.25, 0.3) is 5.91 Å². The Morgan fingerprint density at radius 2 is 2.32 bits per heavy atom. The molecule has 1 heterocycles. The van der Waals surface area contributed by atoms with E-state index in [9.17, 15) is 4.79 Å². The molecule has 3 rings (SSSR count). The summed E-state index contributed by atoms with van der Waals surface area (Å²) in [5.41, 5.74) is 4.49. The maximum Gasteiger partial charge on any atom is 0.260 e. The first-order valence-corrected chi connectivity index (χ1v) is 7.63. The molecule has 0 spiro atoms. The van der Waals surface area contributed by atoms with Crippen molar-refractivity contribution in [2.45, 2.75) is 32.7 Å². The third-order valence-corrected chi connectivity index (χ3v) is 3.93. The molecule has 0 bridgehead atoms. The molecule has 1 aliphatic carbocycles. The lowest BCUT2D eigenvalue weighted by Crippen LogP contribution is -2.24. The third-order valence-electron chi connectivity index (χ3n) is 3.93. The maximum atomic E-state index is 12.1. The van der Waals surface area contributed by atoms with Crippen molar-refractivity contribution in [2.75, 3.05) is 0 Å². The standard InChI is InChI=1S/C17H20N4O/c1-13-19-15-9-5-6-10-16(15)21(13)12-17(22)20-18-11-14-7-3-2-4-8-14/h2-3,5-6,9-11,14H,4,7-8,12H2,1H3,(H,20,22)/b18-11-/t14-/m0/s1. The number of aryl methyl sites for hydroxylation is 1. The fraction of sp³-hybridized carbons (Fsp3) is 0.353. The van der Waals surface area contributed by atoms with Gasteiger partial charge in [-0.05, 0) is 44.2 Å². The third kappa shape index (κ3) is 3.24. The van der Waals surface area contributed by atoms with E-state index in [2.05, 4.69) is 27.7 Å². The fourth-order valence-electron chi connectivity index (χ4n) is 2.74. The lowest BCUT2D eigenvalue weighted by molar-refractivity contribution is -0.121. The Labute approximate surface area is 129 Å². The van der Waals surface area contributed by atoms with Crippen LogP contribution in [-0.2, 0) is 11.3 Å². The Morgan fingerprint density at radius 1 is 1.45 bits per heavy atom. The van der Waals surface area contributed by atoms with Crippen molar-refractivity contribution < 1.29 is 4.79 Å². The van der Waals surface area contributed by atoms with Gasteiger partial charge in [-0.1, -0.05) is 24.3 Å². The van der Waals surface area contributed by atoms with Crippen LogP contribution < -0.4 is 5.43 Å². The van der Waals surface area contributed by atoms with E-state index >= 15 is 0 Å². The number of fused-ring (bicyclic) bond motifs is 1. The van der Waals surface area contributed by atoms with Crippen LogP contribution in [0.25, 0.3) is 11.0 Å². The summed E-state index contributed by atoms with van der Waals surface area (Å²) in [6.45, 7) is 2.14. The minimum Gasteiger partial charge on any atom is -0.319 e. The molecule has 22 heavy (non-hydrogen) atoms. The van der Waals surface area contributed by atoms with Gasteiger partial charge in [-0.25, -0.2) is 10.4 Å². The van der Waals surface area contributed by atoms with Crippen LogP contribution in [0.1, 0.15) is 25.1 Å². The maximum absolute atomic E-state index is 12.1. The first-order chi connectivity index (χ1) is 10.7. The van der Waals surface area contributed by atoms with E-state index < -0.39 is 0 Å². The number of nitrogens with zero attached hydrogens (tertiary/aromatic N) is 3. The molecule has 5 heteroatoms. The Morgan fingerprint density at radius 3 is 3.14 bits per heavy atom. The van der Waals surface area contributed by atoms with Crippen molar-refractivity contribution in [1.82, 2.24) is 15.0 Å². The smallest absolute Gasteiger partial charge is 0.260 e. The van der Waals surface area contributed by atoms with Gasteiger partial charge in [-0.15, -0.1) is 0 Å². The molecular weight excluding hydrogens is 276 g/mol. The van der Waals surface area contributed by atoms with Gasteiger partial charge in [-0.2, -0.15) is 5.10 Å². The molecule has 0 saturated carbocycles. The number of amides is 1. The van der Waals surface area contributed by atoms with Gasteiger partial charge in [0.15, 0.2) is 0 Å². The van der Waals surface area contributed by atoms with E-state index in [1.165, 1.54) is 0 Å². The van der Waals surface area contributed by atoms with Crippen LogP contribution in [0.3, 0.4) is 0 Å². The first-order valence-electron chi connectivity index (χ1n) is 7.63. The second-order valence-electron chi connectivity index (χ2n) is 5.59. The number of imidazole rings is 1. The summed E-state index contributed by atoms with van der Waals surface area (Å²) in [5.74, 6) is 1.13. The molecule has 0 fully saturated rings. The Kier molecular flexibility index (Phi) is 4.32. The van der Waals surface area contributed by atoms with Crippen LogP contribution in [0.5, 0.6) is 0 Å². The van der Waals surface area contributed by atoms with Crippen molar-refractivity contribution in [3.05, 3.63) is 42.2 Å². The van der Waals surface area contributed by atoms with Crippen molar-refractivity contribution in [1.29, 1.82) is 0 Å². The number of hydrazone groups is 1. The van der Waals surface area contributed by atoms with E-state index in [0.717, 1.165) is 36.1 Å². The predicted molar refractivity (Wildman–Crippen MR) is 87.6 cm³/mol. The van der Waals surface area contributed by atoms with E-state index in [0.29, 0.717) is 5.92 Å². The van der Waals surface area contributed by atoms with Gasteiger partial charge in [0.05, 0.1) is 11.0 Å². The molecule has 1 aromatic carbocycles. The fourth-order valence-corrected chi connectivity index (χ4v) is 2.74. The molecule has 0 aliphatic heterocycles. The number of carbonyl (C=O) groups excluding carboxylic acids is 1. The summed E-state index contributed by atoms with van der Waals surface area (Å²) in [5, 5.41) is 4.09. The number of allylic oxidation sites excluding steroid dienone is 2. The molecule has 114 valence electrons. The molecule has 1 atom stereocenters. The zero-order valence-electron chi connectivity index (χ0n) is 12.7. The highest BCUT2D eigenvalue weighted by Gasteiger charge is 2.10. The van der Waals surface area contributed by atoms with Crippen LogP contribution in [-0.4, -0.2) is 21.7 Å². The molecule has 1 aliphatic rings. The number of carbonyl (C=O) groups is 1. The molecular formula is C17H20N4O. The van der Waals surface area contributed by atoms with Gasteiger partial charge in [0.1, 0.15) is 12.4 Å². The van der Waals surface area contributed by atoms with Crippen LogP contribution in [0.15, 0.2) is 41.5 Å². The molecule has 0 unspecified atom stereocenters. The number of rotatable bonds is 4. The molecule has 1 aromatic heterocycles. The second kappa shape index (κ2) is 6.56. The van der Waals surface area contributed by atoms with E-state index in [-0.39, 0.29) is 12.5 Å². The number of para-hydroxylation sites is 2. The summed E-state index contributed by atoms with van der Waals surface area (Å²) < 4.78 is 1.91. The summed E-state index contributed by atoms with van der Waals surface area (Å²) in [7, 11) is 0. The predicted octanol–water partition coefficient (Wildman–Crippen LogP) is 2.80. The molecule has 0 saturated heterocycles. The zero-order valence-corrected chi connectivity index (χ0v) is 12.7. The lowest BCUT2D eigenvalue weighted by Gasteiger charge is -2.12. The van der Waals surface area contributed by atoms with E-state index in [4.69, 9.17) is 0 Å². The van der Waals surface area contributed by atoms with Gasteiger partial charge in [0.2, 0.25) is 0 Å². The SMILES string of the molecule is Cc1nc2ccccc2n1CC(=O)N/N=C\[C@H]1CC=CCC1. The molecule has 2 aromatic rings. The second-order valence-corrected chi connectivity index (χ2v) is 5.59. The van der Waals surface area contributed by atoms with Crippen LogP contribution in [0.2, 0.25) is 0 Å². The van der Waals surface area contributed by atoms with Crippen molar-refractivity contribution in [3.63, 3.8) is 0 Å². The van der Waals surface area contributed by atoms with Gasteiger partial charge >= 0.3 is 0 Å². The van der Waals surface area contributed by atoms with Crippen molar-refractivity contribution in [3.8, 4) is 0 Å². The normalized spacial score (nSPS) is 18.1. The largest absolute Gasteiger partial charge is 0.319 e. The topological polar surface area (TPSA) is 59.3 Å². The average molecular weight is 296 g/mol. The monoisotopic (exact) mass is 296 g/mol. The van der Waals surface area contributed by atoms with Crippen molar-refractivity contribution >= 4 is 23.2 Å². The Balaban J connectivity index is 1.62. The number of benzene rings is 1.